The zero-order valence-corrected chi connectivity index (χ0v) is 17.2. The molecule has 28 heavy (non-hydrogen) atoms. The fraction of sp³-hybridized carbons (Fsp3) is 0.391. The number of allylic oxidation sites excluding steroid dienone is 1. The van der Waals surface area contributed by atoms with Gasteiger partial charge in [-0.25, -0.2) is 4.98 Å². The topological polar surface area (TPSA) is 45.7 Å². The Bertz CT molecular complexity index is 868. The fourth-order valence-corrected chi connectivity index (χ4v) is 3.53. The predicted octanol–water partition coefficient (Wildman–Crippen LogP) is 3.53. The van der Waals surface area contributed by atoms with Crippen LogP contribution in [0.25, 0.3) is 11.6 Å². The van der Waals surface area contributed by atoms with Crippen LogP contribution < -0.4 is 9.64 Å². The van der Waals surface area contributed by atoms with Gasteiger partial charge in [-0.3, -0.25) is 4.79 Å². The number of nitrogens with zero attached hydrogens (tertiary/aromatic N) is 3. The summed E-state index contributed by atoms with van der Waals surface area (Å²) < 4.78 is 5.21. The maximum absolute atomic E-state index is 12.4. The number of Topliss-reactive ketones (excluding diaryl/α,β-unsaturated/α-hetero) is 1. The molecule has 1 saturated heterocycles. The van der Waals surface area contributed by atoms with Crippen LogP contribution >= 0.6 is 0 Å². The predicted molar refractivity (Wildman–Crippen MR) is 115 cm³/mol. The molecule has 0 spiro atoms. The van der Waals surface area contributed by atoms with Gasteiger partial charge in [0, 0.05) is 49.7 Å². The number of carbonyl (C=O) groups is 1. The summed E-state index contributed by atoms with van der Waals surface area (Å²) in [5.41, 5.74) is 5.09. The van der Waals surface area contributed by atoms with E-state index in [0.29, 0.717) is 11.5 Å². The summed E-state index contributed by atoms with van der Waals surface area (Å²) in [6.07, 6.45) is 4.57. The third-order valence-electron chi connectivity index (χ3n) is 5.31. The van der Waals surface area contributed by atoms with Crippen LogP contribution in [0.5, 0.6) is 5.88 Å². The third kappa shape index (κ3) is 4.60. The van der Waals surface area contributed by atoms with Crippen LogP contribution in [0.2, 0.25) is 0 Å². The molecule has 0 radical (unpaired) electrons. The lowest BCUT2D eigenvalue weighted by Gasteiger charge is -2.34. The normalized spacial score (nSPS) is 15.6. The standard InChI is InChI=1S/C23H29N3O2/c1-5-18-14-21(26-12-10-25(3)11-13-26)7-6-19(18)15-22(17(2)27)20-8-9-24-23(16-20)28-4/h6-9,14-16H,5,10-13H2,1-4H3/b22-15+. The summed E-state index contributed by atoms with van der Waals surface area (Å²) in [5, 5.41) is 0. The monoisotopic (exact) mass is 379 g/mol. The molecule has 0 unspecified atom stereocenters. The fourth-order valence-electron chi connectivity index (χ4n) is 3.53. The summed E-state index contributed by atoms with van der Waals surface area (Å²) in [6.45, 7) is 8.02. The van der Waals surface area contributed by atoms with Crippen LogP contribution in [0.15, 0.2) is 36.5 Å². The van der Waals surface area contributed by atoms with Crippen molar-refractivity contribution in [3.05, 3.63) is 53.2 Å². The molecule has 1 aliphatic heterocycles. The highest BCUT2D eigenvalue weighted by Gasteiger charge is 2.16. The van der Waals surface area contributed by atoms with E-state index >= 15 is 0 Å². The molecule has 1 aliphatic rings. The van der Waals surface area contributed by atoms with Crippen molar-refractivity contribution in [1.82, 2.24) is 9.88 Å². The van der Waals surface area contributed by atoms with Gasteiger partial charge in [0.2, 0.25) is 5.88 Å². The molecular formula is C23H29N3O2. The lowest BCUT2D eigenvalue weighted by Crippen LogP contribution is -2.44. The van der Waals surface area contributed by atoms with E-state index in [4.69, 9.17) is 4.74 Å². The van der Waals surface area contributed by atoms with Gasteiger partial charge >= 0.3 is 0 Å². The highest BCUT2D eigenvalue weighted by molar-refractivity contribution is 6.24. The van der Waals surface area contributed by atoms with E-state index in [1.165, 1.54) is 11.3 Å². The summed E-state index contributed by atoms with van der Waals surface area (Å²) in [5.74, 6) is 0.532. The van der Waals surface area contributed by atoms with Crippen molar-refractivity contribution in [1.29, 1.82) is 0 Å². The van der Waals surface area contributed by atoms with Crippen LogP contribution in [0.1, 0.15) is 30.5 Å². The maximum Gasteiger partial charge on any atom is 0.213 e. The number of aryl methyl sites for hydroxylation is 1. The van der Waals surface area contributed by atoms with Gasteiger partial charge in [-0.15, -0.1) is 0 Å². The van der Waals surface area contributed by atoms with Crippen LogP contribution in [0.3, 0.4) is 0 Å². The number of ketones is 1. The van der Waals surface area contributed by atoms with Gasteiger partial charge in [0.25, 0.3) is 0 Å². The van der Waals surface area contributed by atoms with Gasteiger partial charge in [0.15, 0.2) is 5.78 Å². The second-order valence-electron chi connectivity index (χ2n) is 7.23. The molecule has 1 fully saturated rings. The maximum atomic E-state index is 12.4. The van der Waals surface area contributed by atoms with Gasteiger partial charge in [-0.1, -0.05) is 13.0 Å². The zero-order valence-electron chi connectivity index (χ0n) is 17.2. The minimum absolute atomic E-state index is 0.0263. The Morgan fingerprint density at radius 3 is 2.57 bits per heavy atom. The molecule has 3 rings (SSSR count). The molecule has 0 bridgehead atoms. The van der Waals surface area contributed by atoms with Gasteiger partial charge in [-0.2, -0.15) is 0 Å². The number of benzene rings is 1. The molecule has 1 aromatic carbocycles. The largest absolute Gasteiger partial charge is 0.481 e. The number of methoxy groups -OCH3 is 1. The second-order valence-corrected chi connectivity index (χ2v) is 7.23. The van der Waals surface area contributed by atoms with Crippen LogP contribution in [-0.4, -0.2) is 56.0 Å². The van der Waals surface area contributed by atoms with Crippen LogP contribution in [-0.2, 0) is 11.2 Å². The van der Waals surface area contributed by atoms with Crippen molar-refractivity contribution in [3.8, 4) is 5.88 Å². The van der Waals surface area contributed by atoms with E-state index in [1.54, 1.807) is 26.3 Å². The number of likely N-dealkylation sites (N-methyl/N-ethyl adjacent to an activating group) is 1. The van der Waals surface area contributed by atoms with E-state index in [2.05, 4.69) is 47.0 Å². The molecule has 0 atom stereocenters. The van der Waals surface area contributed by atoms with E-state index in [1.807, 2.05) is 12.1 Å². The zero-order chi connectivity index (χ0) is 20.1. The van der Waals surface area contributed by atoms with Crippen molar-refractivity contribution in [2.75, 3.05) is 45.2 Å². The summed E-state index contributed by atoms with van der Waals surface area (Å²) in [7, 11) is 3.75. The number of ether oxygens (including phenoxy) is 1. The number of pyridine rings is 1. The first-order valence-electron chi connectivity index (χ1n) is 9.81. The highest BCUT2D eigenvalue weighted by Crippen LogP contribution is 2.27. The van der Waals surface area contributed by atoms with Crippen molar-refractivity contribution < 1.29 is 9.53 Å². The van der Waals surface area contributed by atoms with Crippen molar-refractivity contribution in [2.45, 2.75) is 20.3 Å². The molecule has 148 valence electrons. The number of hydrogen-bond donors (Lipinski definition) is 0. The Balaban J connectivity index is 1.95. The molecular weight excluding hydrogens is 350 g/mol. The molecule has 5 heteroatoms. The SMILES string of the molecule is CCc1cc(N2CCN(C)CC2)ccc1/C=C(\C(C)=O)c1ccnc(OC)c1. The van der Waals surface area contributed by atoms with Crippen molar-refractivity contribution in [2.24, 2.45) is 0 Å². The summed E-state index contributed by atoms with van der Waals surface area (Å²) in [6, 6.07) is 10.2. The lowest BCUT2D eigenvalue weighted by molar-refractivity contribution is -0.111. The third-order valence-corrected chi connectivity index (χ3v) is 5.31. The summed E-state index contributed by atoms with van der Waals surface area (Å²) >= 11 is 0. The molecule has 0 aliphatic carbocycles. The number of aromatic nitrogens is 1. The number of hydrogen-bond acceptors (Lipinski definition) is 5. The number of anilines is 1. The first-order chi connectivity index (χ1) is 13.5. The number of rotatable bonds is 6. The Morgan fingerprint density at radius 2 is 1.93 bits per heavy atom. The van der Waals surface area contributed by atoms with E-state index in [0.717, 1.165) is 43.7 Å². The van der Waals surface area contributed by atoms with E-state index < -0.39 is 0 Å². The van der Waals surface area contributed by atoms with Gasteiger partial charge < -0.3 is 14.5 Å². The molecule has 2 aromatic rings. The Labute approximate surface area is 167 Å². The number of carbonyl (C=O) groups excluding carboxylic acids is 1. The molecule has 2 heterocycles. The van der Waals surface area contributed by atoms with Crippen molar-refractivity contribution >= 4 is 23.1 Å². The van der Waals surface area contributed by atoms with Crippen LogP contribution in [0, 0.1) is 0 Å². The minimum Gasteiger partial charge on any atom is -0.481 e. The van der Waals surface area contributed by atoms with Gasteiger partial charge in [-0.05, 0) is 61.4 Å². The molecule has 5 nitrogen and oxygen atoms in total. The van der Waals surface area contributed by atoms with Gasteiger partial charge in [0.05, 0.1) is 7.11 Å². The summed E-state index contributed by atoms with van der Waals surface area (Å²) in [4.78, 5) is 21.3. The average Bonchev–Trinajstić information content (AvgIpc) is 2.72. The van der Waals surface area contributed by atoms with E-state index in [-0.39, 0.29) is 5.78 Å². The smallest absolute Gasteiger partial charge is 0.213 e. The molecule has 1 aromatic heterocycles. The Kier molecular flexibility index (Phi) is 6.47. The highest BCUT2D eigenvalue weighted by atomic mass is 16.5. The van der Waals surface area contributed by atoms with E-state index in [9.17, 15) is 4.79 Å². The lowest BCUT2D eigenvalue weighted by atomic mass is 9.96. The molecule has 0 saturated carbocycles. The Morgan fingerprint density at radius 1 is 1.18 bits per heavy atom. The quantitative estimate of drug-likeness (QED) is 0.719. The first kappa shape index (κ1) is 20.1. The number of piperazine rings is 1. The molecule has 0 amide bonds. The first-order valence-corrected chi connectivity index (χ1v) is 9.81. The molecule has 0 N–H and O–H groups in total. The second kappa shape index (κ2) is 9.02. The minimum atomic E-state index is 0.0263. The Hall–Kier alpha value is -2.66. The average molecular weight is 380 g/mol. The van der Waals surface area contributed by atoms with Gasteiger partial charge in [0.1, 0.15) is 0 Å². The van der Waals surface area contributed by atoms with Crippen LogP contribution in [0.4, 0.5) is 5.69 Å². The van der Waals surface area contributed by atoms with Crippen molar-refractivity contribution in [3.63, 3.8) is 0 Å².